The second-order valence-corrected chi connectivity index (χ2v) is 5.30. The minimum absolute atomic E-state index is 0.0830. The van der Waals surface area contributed by atoms with Gasteiger partial charge < -0.3 is 5.32 Å². The summed E-state index contributed by atoms with van der Waals surface area (Å²) in [6, 6.07) is 3.72. The Balaban J connectivity index is 3.08. The molecule has 1 nitrogen and oxygen atoms in total. The highest BCUT2D eigenvalue weighted by Gasteiger charge is 2.21. The first-order chi connectivity index (χ1) is 7.36. The van der Waals surface area contributed by atoms with Crippen LogP contribution in [0.1, 0.15) is 44.4 Å². The molecule has 0 bridgehead atoms. The molecule has 0 spiro atoms. The highest BCUT2D eigenvalue weighted by Crippen LogP contribution is 2.29. The molecular formula is C14H22FN. The molecule has 0 aliphatic heterocycles. The van der Waals surface area contributed by atoms with Crippen molar-refractivity contribution in [2.24, 2.45) is 0 Å². The van der Waals surface area contributed by atoms with E-state index in [9.17, 15) is 4.39 Å². The summed E-state index contributed by atoms with van der Waals surface area (Å²) in [6.07, 6.45) is 0. The first-order valence-electron chi connectivity index (χ1n) is 5.86. The van der Waals surface area contributed by atoms with Crippen LogP contribution in [0.3, 0.4) is 0 Å². The van der Waals surface area contributed by atoms with Crippen LogP contribution in [0.4, 0.5) is 4.39 Å². The topological polar surface area (TPSA) is 12.0 Å². The number of hydrogen-bond acceptors (Lipinski definition) is 1. The number of rotatable bonds is 3. The van der Waals surface area contributed by atoms with Crippen molar-refractivity contribution in [2.45, 2.75) is 46.6 Å². The molecule has 1 aromatic carbocycles. The zero-order valence-corrected chi connectivity index (χ0v) is 10.9. The van der Waals surface area contributed by atoms with Crippen LogP contribution in [0.25, 0.3) is 0 Å². The molecule has 0 aromatic heterocycles. The standard InChI is InChI=1S/C14H22FN/c1-6-16-9-11-7-10(2)13(12(15)8-11)14(3,4)5/h7-8,16H,6,9H2,1-5H3. The van der Waals surface area contributed by atoms with Crippen LogP contribution in [0.5, 0.6) is 0 Å². The van der Waals surface area contributed by atoms with E-state index >= 15 is 0 Å². The second kappa shape index (κ2) is 4.96. The summed E-state index contributed by atoms with van der Waals surface area (Å²) in [5.74, 6) is -0.0830. The Bertz CT molecular complexity index is 340. The summed E-state index contributed by atoms with van der Waals surface area (Å²) in [7, 11) is 0. The van der Waals surface area contributed by atoms with Crippen LogP contribution in [0.2, 0.25) is 0 Å². The third kappa shape index (κ3) is 3.05. The van der Waals surface area contributed by atoms with Gasteiger partial charge in [0.05, 0.1) is 0 Å². The molecule has 2 heteroatoms. The molecule has 0 radical (unpaired) electrons. The lowest BCUT2D eigenvalue weighted by Crippen LogP contribution is -2.17. The Morgan fingerprint density at radius 2 is 1.88 bits per heavy atom. The summed E-state index contributed by atoms with van der Waals surface area (Å²) < 4.78 is 14.0. The predicted octanol–water partition coefficient (Wildman–Crippen LogP) is 3.54. The number of hydrogen-bond donors (Lipinski definition) is 1. The normalized spacial score (nSPS) is 11.9. The van der Waals surface area contributed by atoms with Crippen molar-refractivity contribution in [1.82, 2.24) is 5.32 Å². The smallest absolute Gasteiger partial charge is 0.127 e. The average molecular weight is 223 g/mol. The van der Waals surface area contributed by atoms with Gasteiger partial charge in [-0.2, -0.15) is 0 Å². The van der Waals surface area contributed by atoms with E-state index in [0.717, 1.165) is 29.8 Å². The molecule has 1 rings (SSSR count). The van der Waals surface area contributed by atoms with Crippen LogP contribution in [0.15, 0.2) is 12.1 Å². The Morgan fingerprint density at radius 1 is 1.25 bits per heavy atom. The maximum Gasteiger partial charge on any atom is 0.127 e. The van der Waals surface area contributed by atoms with E-state index < -0.39 is 0 Å². The fraction of sp³-hybridized carbons (Fsp3) is 0.571. The summed E-state index contributed by atoms with van der Waals surface area (Å²) in [5.41, 5.74) is 2.75. The van der Waals surface area contributed by atoms with E-state index in [1.54, 1.807) is 6.07 Å². The predicted molar refractivity (Wildman–Crippen MR) is 67.2 cm³/mol. The second-order valence-electron chi connectivity index (χ2n) is 5.30. The first kappa shape index (κ1) is 13.2. The number of aryl methyl sites for hydroxylation is 1. The van der Waals surface area contributed by atoms with Gasteiger partial charge in [0.25, 0.3) is 0 Å². The Labute approximate surface area is 98.1 Å². The van der Waals surface area contributed by atoms with Crippen molar-refractivity contribution in [2.75, 3.05) is 6.54 Å². The molecule has 0 heterocycles. The molecule has 0 atom stereocenters. The average Bonchev–Trinajstić information content (AvgIpc) is 2.11. The van der Waals surface area contributed by atoms with Crippen molar-refractivity contribution in [3.8, 4) is 0 Å². The van der Waals surface area contributed by atoms with E-state index in [1.165, 1.54) is 0 Å². The van der Waals surface area contributed by atoms with Gasteiger partial charge in [-0.1, -0.05) is 33.8 Å². The minimum atomic E-state index is -0.134. The van der Waals surface area contributed by atoms with Crippen LogP contribution in [-0.4, -0.2) is 6.54 Å². The summed E-state index contributed by atoms with van der Waals surface area (Å²) >= 11 is 0. The van der Waals surface area contributed by atoms with Crippen LogP contribution >= 0.6 is 0 Å². The monoisotopic (exact) mass is 223 g/mol. The third-order valence-corrected chi connectivity index (χ3v) is 2.68. The summed E-state index contributed by atoms with van der Waals surface area (Å²) in [6.45, 7) is 11.8. The lowest BCUT2D eigenvalue weighted by molar-refractivity contribution is 0.517. The molecular weight excluding hydrogens is 201 g/mol. The van der Waals surface area contributed by atoms with Gasteiger partial charge in [-0.05, 0) is 41.6 Å². The van der Waals surface area contributed by atoms with Gasteiger partial charge in [-0.15, -0.1) is 0 Å². The Morgan fingerprint density at radius 3 is 2.31 bits per heavy atom. The van der Waals surface area contributed by atoms with Crippen LogP contribution in [0, 0.1) is 12.7 Å². The molecule has 0 saturated heterocycles. The zero-order valence-electron chi connectivity index (χ0n) is 10.9. The Hall–Kier alpha value is -0.890. The van der Waals surface area contributed by atoms with Gasteiger partial charge in [-0.3, -0.25) is 0 Å². The van der Waals surface area contributed by atoms with Gasteiger partial charge in [0.1, 0.15) is 5.82 Å². The number of nitrogens with one attached hydrogen (secondary N) is 1. The van der Waals surface area contributed by atoms with Gasteiger partial charge in [-0.25, -0.2) is 4.39 Å². The fourth-order valence-electron chi connectivity index (χ4n) is 2.14. The summed E-state index contributed by atoms with van der Waals surface area (Å²) in [4.78, 5) is 0. The van der Waals surface area contributed by atoms with Gasteiger partial charge in [0.15, 0.2) is 0 Å². The molecule has 90 valence electrons. The van der Waals surface area contributed by atoms with Crippen molar-refractivity contribution >= 4 is 0 Å². The van der Waals surface area contributed by atoms with Crippen LogP contribution < -0.4 is 5.32 Å². The zero-order chi connectivity index (χ0) is 12.3. The molecule has 1 N–H and O–H groups in total. The summed E-state index contributed by atoms with van der Waals surface area (Å²) in [5, 5.41) is 3.21. The lowest BCUT2D eigenvalue weighted by atomic mass is 9.83. The minimum Gasteiger partial charge on any atom is -0.313 e. The van der Waals surface area contributed by atoms with E-state index in [2.05, 4.69) is 11.4 Å². The molecule has 0 unspecified atom stereocenters. The fourth-order valence-corrected chi connectivity index (χ4v) is 2.14. The van der Waals surface area contributed by atoms with Crippen molar-refractivity contribution in [1.29, 1.82) is 0 Å². The van der Waals surface area contributed by atoms with Gasteiger partial charge >= 0.3 is 0 Å². The molecule has 0 aliphatic rings. The maximum absolute atomic E-state index is 14.0. The van der Waals surface area contributed by atoms with E-state index in [-0.39, 0.29) is 11.2 Å². The molecule has 0 aliphatic carbocycles. The molecule has 0 saturated carbocycles. The van der Waals surface area contributed by atoms with E-state index in [1.807, 2.05) is 34.6 Å². The highest BCUT2D eigenvalue weighted by molar-refractivity contribution is 5.37. The molecule has 0 fully saturated rings. The van der Waals surface area contributed by atoms with Crippen molar-refractivity contribution < 1.29 is 4.39 Å². The van der Waals surface area contributed by atoms with E-state index in [4.69, 9.17) is 0 Å². The quantitative estimate of drug-likeness (QED) is 0.826. The number of halogens is 1. The van der Waals surface area contributed by atoms with Gasteiger partial charge in [0.2, 0.25) is 0 Å². The first-order valence-corrected chi connectivity index (χ1v) is 5.86. The van der Waals surface area contributed by atoms with Crippen molar-refractivity contribution in [3.63, 3.8) is 0 Å². The number of benzene rings is 1. The SMILES string of the molecule is CCNCc1cc(C)c(C(C)(C)C)c(F)c1. The molecule has 0 amide bonds. The molecule has 1 aromatic rings. The Kier molecular flexibility index (Phi) is 4.09. The largest absolute Gasteiger partial charge is 0.313 e. The van der Waals surface area contributed by atoms with Crippen LogP contribution in [-0.2, 0) is 12.0 Å². The molecule has 16 heavy (non-hydrogen) atoms. The van der Waals surface area contributed by atoms with Crippen molar-refractivity contribution in [3.05, 3.63) is 34.6 Å². The van der Waals surface area contributed by atoms with E-state index in [0.29, 0.717) is 0 Å². The van der Waals surface area contributed by atoms with Gasteiger partial charge in [0, 0.05) is 6.54 Å². The third-order valence-electron chi connectivity index (χ3n) is 2.68. The maximum atomic E-state index is 14.0. The lowest BCUT2D eigenvalue weighted by Gasteiger charge is -2.23. The highest BCUT2D eigenvalue weighted by atomic mass is 19.1.